The maximum atomic E-state index is 12.9. The fraction of sp³-hybridized carbons (Fsp3) is 0.787. The van der Waals surface area contributed by atoms with E-state index in [0.29, 0.717) is 19.3 Å². The molecule has 0 spiro atoms. The quantitative estimate of drug-likeness (QED) is 0.0262. The van der Waals surface area contributed by atoms with Gasteiger partial charge in [0.25, 0.3) is 0 Å². The summed E-state index contributed by atoms with van der Waals surface area (Å²) in [6, 6.07) is 0. The van der Waals surface area contributed by atoms with Crippen LogP contribution in [0.1, 0.15) is 290 Å². The van der Waals surface area contributed by atoms with Gasteiger partial charge in [-0.05, 0) is 89.9 Å². The molecule has 67 heavy (non-hydrogen) atoms. The van der Waals surface area contributed by atoms with Gasteiger partial charge in [0.2, 0.25) is 0 Å². The summed E-state index contributed by atoms with van der Waals surface area (Å²) in [5, 5.41) is 0. The van der Waals surface area contributed by atoms with Crippen molar-refractivity contribution in [3.05, 3.63) is 60.8 Å². The summed E-state index contributed by atoms with van der Waals surface area (Å²) in [5.74, 6) is -0.922. The molecule has 6 nitrogen and oxygen atoms in total. The van der Waals surface area contributed by atoms with Crippen LogP contribution >= 0.6 is 0 Å². The molecule has 0 aliphatic carbocycles. The van der Waals surface area contributed by atoms with Gasteiger partial charge in [-0.25, -0.2) is 0 Å². The van der Waals surface area contributed by atoms with Crippen molar-refractivity contribution in [3.63, 3.8) is 0 Å². The Labute approximate surface area is 415 Å². The number of esters is 3. The fourth-order valence-corrected chi connectivity index (χ4v) is 8.13. The van der Waals surface area contributed by atoms with Gasteiger partial charge in [-0.15, -0.1) is 0 Å². The summed E-state index contributed by atoms with van der Waals surface area (Å²) in [5.41, 5.74) is 0. The number of unbranched alkanes of at least 4 members (excludes halogenated alkanes) is 31. The van der Waals surface area contributed by atoms with Gasteiger partial charge in [-0.3, -0.25) is 14.4 Å². The van der Waals surface area contributed by atoms with E-state index in [1.54, 1.807) is 0 Å². The van der Waals surface area contributed by atoms with Crippen LogP contribution in [0.2, 0.25) is 0 Å². The van der Waals surface area contributed by atoms with Gasteiger partial charge in [0.1, 0.15) is 13.2 Å². The lowest BCUT2D eigenvalue weighted by Crippen LogP contribution is -2.30. The first-order valence-corrected chi connectivity index (χ1v) is 28.8. The summed E-state index contributed by atoms with van der Waals surface area (Å²) >= 11 is 0. The molecule has 0 fully saturated rings. The molecule has 0 radical (unpaired) electrons. The van der Waals surface area contributed by atoms with E-state index in [1.165, 1.54) is 167 Å². The second-order valence-corrected chi connectivity index (χ2v) is 19.2. The Hall–Kier alpha value is -2.89. The first-order chi connectivity index (χ1) is 33.0. The van der Waals surface area contributed by atoms with Crippen LogP contribution in [0.3, 0.4) is 0 Å². The fourth-order valence-electron chi connectivity index (χ4n) is 8.13. The number of rotatable bonds is 52. The molecule has 0 aliphatic heterocycles. The SMILES string of the molecule is CCCCC/C=C\C/C=C\C/C=C\CCCCC(=O)OC[C@H](COC(=O)CCCCCCCCC/C=C\C/C=C\CCCCC)OC(=O)CCCCCCCCCCCCCCCCCCC. The van der Waals surface area contributed by atoms with E-state index in [1.807, 2.05) is 0 Å². The molecular weight excluding hydrogens is 829 g/mol. The maximum absolute atomic E-state index is 12.9. The summed E-state index contributed by atoms with van der Waals surface area (Å²) in [4.78, 5) is 38.1. The molecule has 388 valence electrons. The van der Waals surface area contributed by atoms with Crippen LogP contribution < -0.4 is 0 Å². The van der Waals surface area contributed by atoms with Crippen molar-refractivity contribution in [2.75, 3.05) is 13.2 Å². The van der Waals surface area contributed by atoms with E-state index in [4.69, 9.17) is 14.2 Å². The Morgan fingerprint density at radius 3 is 0.896 bits per heavy atom. The molecule has 0 rings (SSSR count). The Kier molecular flexibility index (Phi) is 53.3. The van der Waals surface area contributed by atoms with Crippen LogP contribution in [0, 0.1) is 0 Å². The largest absolute Gasteiger partial charge is 0.462 e. The van der Waals surface area contributed by atoms with Crippen LogP contribution in [0.5, 0.6) is 0 Å². The molecule has 0 unspecified atom stereocenters. The third-order valence-corrected chi connectivity index (χ3v) is 12.5. The van der Waals surface area contributed by atoms with E-state index >= 15 is 0 Å². The average molecular weight is 938 g/mol. The first kappa shape index (κ1) is 64.1. The second-order valence-electron chi connectivity index (χ2n) is 19.2. The molecule has 0 aromatic heterocycles. The molecule has 1 atom stereocenters. The van der Waals surface area contributed by atoms with Gasteiger partial charge in [-0.1, -0.05) is 242 Å². The number of allylic oxidation sites excluding steroid dienone is 10. The van der Waals surface area contributed by atoms with E-state index in [0.717, 1.165) is 83.5 Å². The Bertz CT molecular complexity index is 1210. The van der Waals surface area contributed by atoms with Crippen LogP contribution in [-0.4, -0.2) is 37.2 Å². The van der Waals surface area contributed by atoms with E-state index in [-0.39, 0.29) is 31.1 Å². The number of carbonyl (C=O) groups is 3. The lowest BCUT2D eigenvalue weighted by Gasteiger charge is -2.18. The predicted octanol–water partition coefficient (Wildman–Crippen LogP) is 19.2. The van der Waals surface area contributed by atoms with Gasteiger partial charge in [0.15, 0.2) is 6.10 Å². The Balaban J connectivity index is 4.42. The van der Waals surface area contributed by atoms with Crippen molar-refractivity contribution in [3.8, 4) is 0 Å². The lowest BCUT2D eigenvalue weighted by molar-refractivity contribution is -0.167. The first-order valence-electron chi connectivity index (χ1n) is 28.8. The zero-order valence-corrected chi connectivity index (χ0v) is 44.4. The minimum atomic E-state index is -0.791. The van der Waals surface area contributed by atoms with E-state index < -0.39 is 6.10 Å². The minimum absolute atomic E-state index is 0.0882. The molecule has 0 saturated heterocycles. The summed E-state index contributed by atoms with van der Waals surface area (Å²) in [6.07, 6.45) is 69.2. The van der Waals surface area contributed by atoms with Crippen LogP contribution in [0.25, 0.3) is 0 Å². The monoisotopic (exact) mass is 937 g/mol. The van der Waals surface area contributed by atoms with Crippen molar-refractivity contribution in [1.29, 1.82) is 0 Å². The van der Waals surface area contributed by atoms with Crippen molar-refractivity contribution >= 4 is 17.9 Å². The van der Waals surface area contributed by atoms with Crippen molar-refractivity contribution in [1.82, 2.24) is 0 Å². The summed E-state index contributed by atoms with van der Waals surface area (Å²) in [7, 11) is 0. The molecule has 0 N–H and O–H groups in total. The number of carbonyl (C=O) groups excluding carboxylic acids is 3. The maximum Gasteiger partial charge on any atom is 0.306 e. The number of hydrogen-bond donors (Lipinski definition) is 0. The highest BCUT2D eigenvalue weighted by Gasteiger charge is 2.19. The van der Waals surface area contributed by atoms with Crippen LogP contribution in [0.4, 0.5) is 0 Å². The standard InChI is InChI=1S/C61H108O6/c1-4-7-10-13-16-19-22-25-28-30-33-36-39-42-45-48-51-54-60(63)66-57-58(56-65-59(62)53-50-47-44-41-38-35-32-27-24-21-18-15-12-9-6-3)67-61(64)55-52-49-46-43-40-37-34-31-29-26-23-20-17-14-11-8-5-2/h16,18-19,21,25,27-28,32,38,41,58H,4-15,17,20,22-24,26,29-31,33-37,39-40,42-57H2,1-3H3/b19-16-,21-18-,28-25-,32-27-,41-38-/t58-/m1/s1. The lowest BCUT2D eigenvalue weighted by atomic mass is 10.0. The van der Waals surface area contributed by atoms with E-state index in [2.05, 4.69) is 81.5 Å². The molecule has 0 amide bonds. The topological polar surface area (TPSA) is 78.9 Å². The predicted molar refractivity (Wildman–Crippen MR) is 288 cm³/mol. The Morgan fingerprint density at radius 2 is 0.537 bits per heavy atom. The van der Waals surface area contributed by atoms with Crippen molar-refractivity contribution < 1.29 is 28.6 Å². The van der Waals surface area contributed by atoms with Gasteiger partial charge in [-0.2, -0.15) is 0 Å². The van der Waals surface area contributed by atoms with Crippen LogP contribution in [0.15, 0.2) is 60.8 Å². The summed E-state index contributed by atoms with van der Waals surface area (Å²) in [6.45, 7) is 6.58. The van der Waals surface area contributed by atoms with Crippen LogP contribution in [-0.2, 0) is 28.6 Å². The molecule has 0 aliphatic rings. The normalized spacial score (nSPS) is 12.5. The van der Waals surface area contributed by atoms with Crippen molar-refractivity contribution in [2.45, 2.75) is 297 Å². The molecule has 0 aromatic carbocycles. The Morgan fingerprint density at radius 1 is 0.299 bits per heavy atom. The second kappa shape index (κ2) is 55.7. The molecule has 6 heteroatoms. The molecule has 0 bridgehead atoms. The average Bonchev–Trinajstić information content (AvgIpc) is 3.33. The molecule has 0 saturated carbocycles. The zero-order valence-electron chi connectivity index (χ0n) is 44.4. The highest BCUT2D eigenvalue weighted by Crippen LogP contribution is 2.16. The minimum Gasteiger partial charge on any atom is -0.462 e. The number of hydrogen-bond acceptors (Lipinski definition) is 6. The van der Waals surface area contributed by atoms with Gasteiger partial charge in [0.05, 0.1) is 0 Å². The van der Waals surface area contributed by atoms with Gasteiger partial charge >= 0.3 is 17.9 Å². The third kappa shape index (κ3) is 53.9. The third-order valence-electron chi connectivity index (χ3n) is 12.5. The smallest absolute Gasteiger partial charge is 0.306 e. The van der Waals surface area contributed by atoms with E-state index in [9.17, 15) is 14.4 Å². The van der Waals surface area contributed by atoms with Crippen molar-refractivity contribution in [2.24, 2.45) is 0 Å². The highest BCUT2D eigenvalue weighted by atomic mass is 16.6. The zero-order chi connectivity index (χ0) is 48.6. The van der Waals surface area contributed by atoms with Gasteiger partial charge < -0.3 is 14.2 Å². The highest BCUT2D eigenvalue weighted by molar-refractivity contribution is 5.71. The molecule has 0 aromatic rings. The number of ether oxygens (including phenoxy) is 3. The molecule has 0 heterocycles. The molecular formula is C61H108O6. The summed E-state index contributed by atoms with van der Waals surface area (Å²) < 4.78 is 16.8. The van der Waals surface area contributed by atoms with Gasteiger partial charge in [0, 0.05) is 19.3 Å².